The smallest absolute Gasteiger partial charge is 0.232 e. The molecule has 1 aliphatic heterocycles. The number of nitrogens with zero attached hydrogens (tertiary/aromatic N) is 7. The second-order valence-electron chi connectivity index (χ2n) is 9.89. The molecule has 0 bridgehead atoms. The van der Waals surface area contributed by atoms with Crippen LogP contribution < -0.4 is 24.6 Å². The summed E-state index contributed by atoms with van der Waals surface area (Å²) in [5.74, 6) is 1.21. The second kappa shape index (κ2) is 11.5. The van der Waals surface area contributed by atoms with Gasteiger partial charge in [0.25, 0.3) is 0 Å². The fourth-order valence-corrected chi connectivity index (χ4v) is 5.36. The van der Waals surface area contributed by atoms with Crippen LogP contribution in [0.5, 0.6) is 5.75 Å². The summed E-state index contributed by atoms with van der Waals surface area (Å²) in [5.41, 5.74) is 4.63. The number of methoxy groups -OCH3 is 1. The molecule has 14 heteroatoms. The summed E-state index contributed by atoms with van der Waals surface area (Å²) in [5, 5.41) is 6.66. The Labute approximate surface area is 244 Å². The Morgan fingerprint density at radius 2 is 1.76 bits per heavy atom. The third-order valence-electron chi connectivity index (χ3n) is 7.03. The number of aryl methyl sites for hydroxylation is 1. The standard InChI is InChI=1S/C27H32ClN9O3S/c1-17-14-21(23(40-4)15-22(17)37-12-10-35(2)11-13-37)33-27-31-16-18(28)26(34-27)32-20-7-6-19-24(30-9-8-29-19)25(20)36(3)41(5,38)39/h6-9,14-16H,10-13H2,1-5H3,(H2,31,32,33,34). The molecule has 4 aromatic rings. The highest BCUT2D eigenvalue weighted by molar-refractivity contribution is 7.92. The number of anilines is 6. The lowest BCUT2D eigenvalue weighted by Gasteiger charge is -2.35. The summed E-state index contributed by atoms with van der Waals surface area (Å²) in [4.78, 5) is 22.3. The molecule has 2 aromatic heterocycles. The number of nitrogens with one attached hydrogen (secondary N) is 2. The molecule has 2 aromatic carbocycles. The zero-order valence-corrected chi connectivity index (χ0v) is 25.1. The SMILES string of the molecule is COc1cc(N2CCN(C)CC2)c(C)cc1Nc1ncc(Cl)c(Nc2ccc3nccnc3c2N(C)S(C)(=O)=O)n1. The van der Waals surface area contributed by atoms with E-state index in [4.69, 9.17) is 16.3 Å². The fraction of sp³-hybridized carbons (Fsp3) is 0.333. The van der Waals surface area contributed by atoms with Gasteiger partial charge in [-0.15, -0.1) is 0 Å². The molecule has 1 saturated heterocycles. The van der Waals surface area contributed by atoms with Gasteiger partial charge in [-0.05, 0) is 37.7 Å². The minimum Gasteiger partial charge on any atom is -0.494 e. The predicted molar refractivity (Wildman–Crippen MR) is 164 cm³/mol. The molecule has 0 unspecified atom stereocenters. The van der Waals surface area contributed by atoms with Gasteiger partial charge in [-0.25, -0.2) is 13.4 Å². The monoisotopic (exact) mass is 597 g/mol. The fourth-order valence-electron chi connectivity index (χ4n) is 4.70. The van der Waals surface area contributed by atoms with Crippen LogP contribution in [0.4, 0.5) is 34.5 Å². The van der Waals surface area contributed by atoms with E-state index >= 15 is 0 Å². The number of hydrogen-bond acceptors (Lipinski definition) is 11. The Hall–Kier alpha value is -3.94. The van der Waals surface area contributed by atoms with Gasteiger partial charge in [0.15, 0.2) is 5.82 Å². The lowest BCUT2D eigenvalue weighted by molar-refractivity contribution is 0.312. The van der Waals surface area contributed by atoms with Gasteiger partial charge in [0.05, 0.1) is 36.5 Å². The van der Waals surface area contributed by atoms with Gasteiger partial charge in [-0.2, -0.15) is 4.98 Å². The van der Waals surface area contributed by atoms with Gasteiger partial charge in [0.2, 0.25) is 16.0 Å². The predicted octanol–water partition coefficient (Wildman–Crippen LogP) is 4.03. The summed E-state index contributed by atoms with van der Waals surface area (Å²) in [6.45, 7) is 5.96. The molecule has 1 aliphatic rings. The van der Waals surface area contributed by atoms with Crippen molar-refractivity contribution in [1.29, 1.82) is 0 Å². The van der Waals surface area contributed by atoms with Crippen molar-refractivity contribution in [2.24, 2.45) is 0 Å². The molecule has 0 atom stereocenters. The number of hydrogen-bond donors (Lipinski definition) is 2. The largest absolute Gasteiger partial charge is 0.494 e. The highest BCUT2D eigenvalue weighted by atomic mass is 35.5. The number of fused-ring (bicyclic) bond motifs is 1. The number of aromatic nitrogens is 4. The molecule has 216 valence electrons. The van der Waals surface area contributed by atoms with Gasteiger partial charge in [0, 0.05) is 57.4 Å². The summed E-state index contributed by atoms with van der Waals surface area (Å²) in [6.07, 6.45) is 5.65. The van der Waals surface area contributed by atoms with Crippen molar-refractivity contribution in [1.82, 2.24) is 24.8 Å². The van der Waals surface area contributed by atoms with E-state index in [1.807, 2.05) is 12.1 Å². The lowest BCUT2D eigenvalue weighted by Crippen LogP contribution is -2.44. The van der Waals surface area contributed by atoms with Gasteiger partial charge in [-0.1, -0.05) is 11.6 Å². The van der Waals surface area contributed by atoms with Crippen molar-refractivity contribution in [3.8, 4) is 5.75 Å². The van der Waals surface area contributed by atoms with Crippen LogP contribution in [0.15, 0.2) is 42.9 Å². The first-order valence-electron chi connectivity index (χ1n) is 12.9. The summed E-state index contributed by atoms with van der Waals surface area (Å²) >= 11 is 6.48. The van der Waals surface area contributed by atoms with Crippen LogP contribution in [0.1, 0.15) is 5.56 Å². The molecule has 1 fully saturated rings. The molecular formula is C27H32ClN9O3S. The summed E-state index contributed by atoms with van der Waals surface area (Å²) in [7, 11) is 1.60. The average Bonchev–Trinajstić information content (AvgIpc) is 2.94. The molecule has 2 N–H and O–H groups in total. The molecular weight excluding hydrogens is 566 g/mol. The van der Waals surface area contributed by atoms with E-state index in [9.17, 15) is 8.42 Å². The van der Waals surface area contributed by atoms with E-state index in [1.54, 1.807) is 25.4 Å². The van der Waals surface area contributed by atoms with Crippen molar-refractivity contribution in [2.45, 2.75) is 6.92 Å². The van der Waals surface area contributed by atoms with Crippen LogP contribution in [-0.4, -0.2) is 86.9 Å². The highest BCUT2D eigenvalue weighted by Crippen LogP contribution is 2.38. The quantitative estimate of drug-likeness (QED) is 0.305. The Bertz CT molecular complexity index is 1700. The summed E-state index contributed by atoms with van der Waals surface area (Å²) in [6, 6.07) is 7.50. The Morgan fingerprint density at radius 1 is 1.02 bits per heavy atom. The zero-order valence-electron chi connectivity index (χ0n) is 23.5. The number of likely N-dealkylation sites (N-methyl/N-ethyl adjacent to an activating group) is 1. The van der Waals surface area contributed by atoms with E-state index < -0.39 is 10.0 Å². The van der Waals surface area contributed by atoms with Crippen LogP contribution in [-0.2, 0) is 10.0 Å². The van der Waals surface area contributed by atoms with Crippen molar-refractivity contribution >= 4 is 67.2 Å². The average molecular weight is 598 g/mol. The Balaban J connectivity index is 1.47. The van der Waals surface area contributed by atoms with Crippen molar-refractivity contribution in [3.63, 3.8) is 0 Å². The molecule has 0 aliphatic carbocycles. The van der Waals surface area contributed by atoms with Crippen LogP contribution >= 0.6 is 11.6 Å². The van der Waals surface area contributed by atoms with Crippen molar-refractivity contribution in [2.75, 3.05) is 73.5 Å². The molecule has 0 spiro atoms. The maximum Gasteiger partial charge on any atom is 0.232 e. The third-order valence-corrected chi connectivity index (χ3v) is 8.49. The molecule has 0 amide bonds. The van der Waals surface area contributed by atoms with Gasteiger partial charge in [-0.3, -0.25) is 14.3 Å². The normalized spacial score (nSPS) is 14.2. The van der Waals surface area contributed by atoms with Crippen LogP contribution in [0, 0.1) is 6.92 Å². The highest BCUT2D eigenvalue weighted by Gasteiger charge is 2.22. The van der Waals surface area contributed by atoms with Gasteiger partial charge in [0.1, 0.15) is 22.0 Å². The first-order valence-corrected chi connectivity index (χ1v) is 15.1. The maximum absolute atomic E-state index is 12.5. The number of halogens is 1. The minimum atomic E-state index is -3.62. The number of ether oxygens (including phenoxy) is 1. The second-order valence-corrected chi connectivity index (χ2v) is 12.3. The molecule has 5 rings (SSSR count). The topological polar surface area (TPSA) is 129 Å². The zero-order chi connectivity index (χ0) is 29.3. The Morgan fingerprint density at radius 3 is 2.46 bits per heavy atom. The number of piperazine rings is 1. The van der Waals surface area contributed by atoms with Crippen LogP contribution in [0.25, 0.3) is 11.0 Å². The van der Waals surface area contributed by atoms with E-state index in [-0.39, 0.29) is 16.8 Å². The molecule has 0 saturated carbocycles. The first kappa shape index (κ1) is 28.6. The van der Waals surface area contributed by atoms with Crippen LogP contribution in [0.2, 0.25) is 5.02 Å². The van der Waals surface area contributed by atoms with E-state index in [2.05, 4.69) is 54.3 Å². The first-order chi connectivity index (χ1) is 19.5. The molecule has 41 heavy (non-hydrogen) atoms. The van der Waals surface area contributed by atoms with Gasteiger partial charge >= 0.3 is 0 Å². The molecule has 12 nitrogen and oxygen atoms in total. The number of rotatable bonds is 8. The van der Waals surface area contributed by atoms with Crippen molar-refractivity contribution in [3.05, 3.63) is 53.4 Å². The van der Waals surface area contributed by atoms with Crippen LogP contribution in [0.3, 0.4) is 0 Å². The third kappa shape index (κ3) is 6.06. The molecule has 0 radical (unpaired) electrons. The number of benzene rings is 2. The lowest BCUT2D eigenvalue weighted by atomic mass is 10.1. The Kier molecular flexibility index (Phi) is 8.02. The minimum absolute atomic E-state index is 0.247. The van der Waals surface area contributed by atoms with Gasteiger partial charge < -0.3 is 25.2 Å². The van der Waals surface area contributed by atoms with E-state index in [0.29, 0.717) is 33.8 Å². The number of sulfonamides is 1. The summed E-state index contributed by atoms with van der Waals surface area (Å²) < 4.78 is 31.9. The van der Waals surface area contributed by atoms with E-state index in [1.165, 1.54) is 19.4 Å². The van der Waals surface area contributed by atoms with E-state index in [0.717, 1.165) is 48.0 Å². The molecule has 3 heterocycles. The van der Waals surface area contributed by atoms with Crippen molar-refractivity contribution < 1.29 is 13.2 Å². The maximum atomic E-state index is 12.5.